The average molecular weight is 337 g/mol. The largest absolute Gasteiger partial charge is 0.496 e. The Hall–Kier alpha value is -1.90. The van der Waals surface area contributed by atoms with Crippen LogP contribution < -0.4 is 10.1 Å². The maximum Gasteiger partial charge on any atom is 0.405 e. The molecule has 0 radical (unpaired) electrons. The van der Waals surface area contributed by atoms with E-state index in [2.05, 4.69) is 4.74 Å². The van der Waals surface area contributed by atoms with Crippen molar-refractivity contribution in [2.75, 3.05) is 26.5 Å². The van der Waals surface area contributed by atoms with Crippen LogP contribution in [0.5, 0.6) is 5.75 Å². The van der Waals surface area contributed by atoms with E-state index in [1.165, 1.54) is 24.9 Å². The summed E-state index contributed by atoms with van der Waals surface area (Å²) in [4.78, 5) is 23.8. The number of carbonyl (C=O) groups is 2. The van der Waals surface area contributed by atoms with Gasteiger partial charge in [0.15, 0.2) is 6.61 Å². The van der Waals surface area contributed by atoms with Crippen LogP contribution in [0.4, 0.5) is 13.2 Å². The highest BCUT2D eigenvalue weighted by Crippen LogP contribution is 2.25. The standard InChI is InChI=1S/C13H14F3NO4S/c1-20-10-5-8(22-2)3-4-9(10)12(19)21-6-11(18)17-7-13(14,15)16/h3-5H,6-7H2,1-2H3,(H,17,18). The normalized spacial score (nSPS) is 11.0. The molecule has 5 nitrogen and oxygen atoms in total. The summed E-state index contributed by atoms with van der Waals surface area (Å²) in [6, 6.07) is 4.74. The van der Waals surface area contributed by atoms with E-state index in [0.717, 1.165) is 4.90 Å². The molecule has 9 heteroatoms. The average Bonchev–Trinajstić information content (AvgIpc) is 2.49. The van der Waals surface area contributed by atoms with E-state index in [1.54, 1.807) is 17.4 Å². The number of thioether (sulfide) groups is 1. The second-order valence-corrected chi connectivity index (χ2v) is 4.91. The third-order valence-electron chi connectivity index (χ3n) is 2.45. The van der Waals surface area contributed by atoms with Crippen molar-refractivity contribution in [1.29, 1.82) is 0 Å². The lowest BCUT2D eigenvalue weighted by molar-refractivity contribution is -0.140. The Balaban J connectivity index is 2.60. The van der Waals surface area contributed by atoms with Crippen molar-refractivity contribution in [3.05, 3.63) is 23.8 Å². The molecule has 22 heavy (non-hydrogen) atoms. The number of alkyl halides is 3. The summed E-state index contributed by atoms with van der Waals surface area (Å²) in [6.07, 6.45) is -2.67. The van der Waals surface area contributed by atoms with Gasteiger partial charge >= 0.3 is 12.1 Å². The maximum atomic E-state index is 11.9. The number of hydrogen-bond acceptors (Lipinski definition) is 5. The molecule has 1 rings (SSSR count). The third-order valence-corrected chi connectivity index (χ3v) is 3.17. The lowest BCUT2D eigenvalue weighted by Gasteiger charge is -2.11. The van der Waals surface area contributed by atoms with Crippen LogP contribution in [0.3, 0.4) is 0 Å². The van der Waals surface area contributed by atoms with Crippen molar-refractivity contribution in [1.82, 2.24) is 5.32 Å². The molecule has 0 saturated heterocycles. The van der Waals surface area contributed by atoms with Crippen LogP contribution >= 0.6 is 11.8 Å². The Bertz CT molecular complexity index is 549. The summed E-state index contributed by atoms with van der Waals surface area (Å²) >= 11 is 1.44. The second kappa shape index (κ2) is 7.92. The Kier molecular flexibility index (Phi) is 6.54. The fourth-order valence-corrected chi connectivity index (χ4v) is 1.85. The Morgan fingerprint density at radius 1 is 1.32 bits per heavy atom. The van der Waals surface area contributed by atoms with Crippen molar-refractivity contribution in [2.45, 2.75) is 11.1 Å². The van der Waals surface area contributed by atoms with Crippen LogP contribution in [-0.4, -0.2) is 44.6 Å². The zero-order chi connectivity index (χ0) is 16.8. The van der Waals surface area contributed by atoms with Gasteiger partial charge in [0.1, 0.15) is 17.9 Å². The quantitative estimate of drug-likeness (QED) is 0.637. The molecule has 0 bridgehead atoms. The predicted octanol–water partition coefficient (Wildman–Crippen LogP) is 2.25. The van der Waals surface area contributed by atoms with Crippen LogP contribution in [0.25, 0.3) is 0 Å². The number of benzene rings is 1. The van der Waals surface area contributed by atoms with E-state index in [1.807, 2.05) is 6.26 Å². The van der Waals surface area contributed by atoms with Crippen LogP contribution in [-0.2, 0) is 9.53 Å². The van der Waals surface area contributed by atoms with Crippen molar-refractivity contribution < 1.29 is 32.2 Å². The molecule has 0 aromatic heterocycles. The molecule has 0 saturated carbocycles. The number of ether oxygens (including phenoxy) is 2. The summed E-state index contributed by atoms with van der Waals surface area (Å²) in [5.74, 6) is -1.63. The molecule has 1 aromatic rings. The van der Waals surface area contributed by atoms with Crippen molar-refractivity contribution in [3.8, 4) is 5.75 Å². The van der Waals surface area contributed by atoms with Crippen LogP contribution in [0, 0.1) is 0 Å². The highest BCUT2D eigenvalue weighted by molar-refractivity contribution is 7.98. The first kappa shape index (κ1) is 18.1. The molecule has 1 N–H and O–H groups in total. The SMILES string of the molecule is COc1cc(SC)ccc1C(=O)OCC(=O)NCC(F)(F)F. The summed E-state index contributed by atoms with van der Waals surface area (Å²) in [7, 11) is 1.37. The zero-order valence-corrected chi connectivity index (χ0v) is 12.6. The van der Waals surface area contributed by atoms with Gasteiger partial charge in [0.2, 0.25) is 0 Å². The molecule has 0 atom stereocenters. The number of carbonyl (C=O) groups excluding carboxylic acids is 2. The molecule has 0 unspecified atom stereocenters. The van der Waals surface area contributed by atoms with Gasteiger partial charge in [-0.15, -0.1) is 11.8 Å². The van der Waals surface area contributed by atoms with E-state index < -0.39 is 31.2 Å². The minimum absolute atomic E-state index is 0.0870. The molecule has 0 aliphatic rings. The van der Waals surface area contributed by atoms with Crippen molar-refractivity contribution in [3.63, 3.8) is 0 Å². The lowest BCUT2D eigenvalue weighted by atomic mass is 10.2. The first-order valence-electron chi connectivity index (χ1n) is 5.99. The van der Waals surface area contributed by atoms with Gasteiger partial charge in [-0.25, -0.2) is 4.79 Å². The third kappa shape index (κ3) is 5.84. The summed E-state index contributed by atoms with van der Waals surface area (Å²) in [6.45, 7) is -2.28. The molecule has 0 spiro atoms. The minimum atomic E-state index is -4.52. The molecule has 122 valence electrons. The van der Waals surface area contributed by atoms with Gasteiger partial charge < -0.3 is 14.8 Å². The topological polar surface area (TPSA) is 64.6 Å². The molecule has 1 aromatic carbocycles. The molecule has 1 amide bonds. The van der Waals surface area contributed by atoms with E-state index in [4.69, 9.17) is 4.74 Å². The fraction of sp³-hybridized carbons (Fsp3) is 0.385. The number of amides is 1. The molecular weight excluding hydrogens is 323 g/mol. The number of hydrogen-bond donors (Lipinski definition) is 1. The van der Waals surface area contributed by atoms with E-state index in [0.29, 0.717) is 0 Å². The van der Waals surface area contributed by atoms with Crippen molar-refractivity contribution in [2.24, 2.45) is 0 Å². The predicted molar refractivity (Wildman–Crippen MR) is 74.1 cm³/mol. The van der Waals surface area contributed by atoms with Gasteiger partial charge in [-0.1, -0.05) is 0 Å². The maximum absolute atomic E-state index is 11.9. The van der Waals surface area contributed by atoms with Crippen molar-refractivity contribution >= 4 is 23.6 Å². The molecule has 0 heterocycles. The van der Waals surface area contributed by atoms with Crippen LogP contribution in [0.1, 0.15) is 10.4 Å². The molecule has 0 aliphatic heterocycles. The van der Waals surface area contributed by atoms with Gasteiger partial charge in [0.25, 0.3) is 5.91 Å². The molecule has 0 fully saturated rings. The monoisotopic (exact) mass is 337 g/mol. The highest BCUT2D eigenvalue weighted by Gasteiger charge is 2.28. The highest BCUT2D eigenvalue weighted by atomic mass is 32.2. The summed E-state index contributed by atoms with van der Waals surface area (Å²) in [5, 5.41) is 1.60. The summed E-state index contributed by atoms with van der Waals surface area (Å²) in [5.41, 5.74) is 0.0870. The van der Waals surface area contributed by atoms with E-state index in [9.17, 15) is 22.8 Å². The van der Waals surface area contributed by atoms with E-state index >= 15 is 0 Å². The number of esters is 1. The number of rotatable bonds is 6. The zero-order valence-electron chi connectivity index (χ0n) is 11.8. The first-order valence-corrected chi connectivity index (χ1v) is 7.22. The van der Waals surface area contributed by atoms with Crippen LogP contribution in [0.2, 0.25) is 0 Å². The molecule has 0 aliphatic carbocycles. The fourth-order valence-electron chi connectivity index (χ4n) is 1.43. The van der Waals surface area contributed by atoms with Gasteiger partial charge in [0, 0.05) is 4.90 Å². The Morgan fingerprint density at radius 2 is 2.00 bits per heavy atom. The van der Waals surface area contributed by atoms with E-state index in [-0.39, 0.29) is 11.3 Å². The van der Waals surface area contributed by atoms with Gasteiger partial charge in [-0.3, -0.25) is 4.79 Å². The number of nitrogens with one attached hydrogen (secondary N) is 1. The van der Waals surface area contributed by atoms with Gasteiger partial charge in [-0.05, 0) is 24.5 Å². The van der Waals surface area contributed by atoms with Gasteiger partial charge in [0.05, 0.1) is 7.11 Å². The Morgan fingerprint density at radius 3 is 2.55 bits per heavy atom. The minimum Gasteiger partial charge on any atom is -0.496 e. The second-order valence-electron chi connectivity index (χ2n) is 4.03. The Labute approximate surface area is 129 Å². The summed E-state index contributed by atoms with van der Waals surface area (Å²) < 4.78 is 45.4. The van der Waals surface area contributed by atoms with Crippen LogP contribution in [0.15, 0.2) is 23.1 Å². The first-order chi connectivity index (χ1) is 10.3. The lowest BCUT2D eigenvalue weighted by Crippen LogP contribution is -2.36. The van der Waals surface area contributed by atoms with Gasteiger partial charge in [-0.2, -0.15) is 13.2 Å². The number of methoxy groups -OCH3 is 1. The smallest absolute Gasteiger partial charge is 0.405 e. The number of halogens is 3. The molecular formula is C13H14F3NO4S.